The minimum Gasteiger partial charge on any atom is -0.394 e. The summed E-state index contributed by atoms with van der Waals surface area (Å²) in [6.45, 7) is 3.95. The number of benzene rings is 1. The van der Waals surface area contributed by atoms with Crippen molar-refractivity contribution in [2.45, 2.75) is 19.9 Å². The molecule has 0 aliphatic heterocycles. The van der Waals surface area contributed by atoms with Crippen LogP contribution in [0, 0.1) is 18.8 Å². The van der Waals surface area contributed by atoms with Crippen LogP contribution in [0.2, 0.25) is 0 Å². The van der Waals surface area contributed by atoms with Crippen LogP contribution in [0.25, 0.3) is 0 Å². The molecule has 2 aromatic rings. The molecule has 0 fully saturated rings. The maximum atomic E-state index is 9.08. The van der Waals surface area contributed by atoms with E-state index < -0.39 is 0 Å². The van der Waals surface area contributed by atoms with Gasteiger partial charge in [0.1, 0.15) is 12.1 Å². The Balaban J connectivity index is 2.26. The van der Waals surface area contributed by atoms with Crippen molar-refractivity contribution in [2.24, 2.45) is 0 Å². The molecule has 1 heterocycles. The molecule has 0 spiro atoms. The molecule has 2 N–H and O–H groups in total. The number of aryl methyl sites for hydroxylation is 1. The fourth-order valence-corrected chi connectivity index (χ4v) is 1.68. The lowest BCUT2D eigenvalue weighted by Gasteiger charge is -2.11. The summed E-state index contributed by atoms with van der Waals surface area (Å²) >= 11 is 0. The summed E-state index contributed by atoms with van der Waals surface area (Å²) < 4.78 is 0. The third-order valence-corrected chi connectivity index (χ3v) is 2.73. The van der Waals surface area contributed by atoms with Crippen molar-refractivity contribution >= 4 is 5.82 Å². The van der Waals surface area contributed by atoms with Crippen LogP contribution in [-0.2, 0) is 0 Å². The van der Waals surface area contributed by atoms with Gasteiger partial charge >= 0.3 is 0 Å². The molecule has 0 unspecified atom stereocenters. The quantitative estimate of drug-likeness (QED) is 0.835. The number of hydrogen-bond acceptors (Lipinski definition) is 4. The predicted molar refractivity (Wildman–Crippen MR) is 79.4 cm³/mol. The molecule has 1 aromatic heterocycles. The van der Waals surface area contributed by atoms with Crippen LogP contribution in [-0.4, -0.2) is 27.7 Å². The molecular weight excluding hydrogens is 250 g/mol. The lowest BCUT2D eigenvalue weighted by molar-refractivity contribution is 0.281. The molecule has 0 saturated carbocycles. The zero-order chi connectivity index (χ0) is 14.4. The topological polar surface area (TPSA) is 58.0 Å². The molecule has 20 heavy (non-hydrogen) atoms. The Kier molecular flexibility index (Phi) is 4.70. The summed E-state index contributed by atoms with van der Waals surface area (Å²) in [4.78, 5) is 8.15. The number of aliphatic hydroxyl groups excluding tert-OH is 1. The van der Waals surface area contributed by atoms with Gasteiger partial charge in [0.2, 0.25) is 0 Å². The highest BCUT2D eigenvalue weighted by Gasteiger charge is 2.05. The molecule has 0 aliphatic rings. The Morgan fingerprint density at radius 2 is 2.20 bits per heavy atom. The molecule has 0 amide bonds. The maximum absolute atomic E-state index is 9.08. The monoisotopic (exact) mass is 267 g/mol. The van der Waals surface area contributed by atoms with Gasteiger partial charge in [0.15, 0.2) is 0 Å². The number of nitrogens with zero attached hydrogens (tertiary/aromatic N) is 2. The van der Waals surface area contributed by atoms with Gasteiger partial charge in [0.05, 0.1) is 12.2 Å². The Morgan fingerprint density at radius 1 is 1.35 bits per heavy atom. The predicted octanol–water partition coefficient (Wildman–Crippen LogP) is 1.98. The van der Waals surface area contributed by atoms with Crippen molar-refractivity contribution in [1.82, 2.24) is 9.97 Å². The van der Waals surface area contributed by atoms with Gasteiger partial charge in [-0.05, 0) is 31.5 Å². The molecule has 1 aromatic carbocycles. The van der Waals surface area contributed by atoms with Crippen molar-refractivity contribution in [1.29, 1.82) is 0 Å². The number of aromatic nitrogens is 2. The highest BCUT2D eigenvalue weighted by atomic mass is 16.3. The van der Waals surface area contributed by atoms with E-state index in [4.69, 9.17) is 5.11 Å². The van der Waals surface area contributed by atoms with E-state index in [1.54, 1.807) is 6.20 Å². The first-order valence-electron chi connectivity index (χ1n) is 6.45. The molecule has 0 bridgehead atoms. The van der Waals surface area contributed by atoms with Crippen LogP contribution >= 0.6 is 0 Å². The number of hydrogen-bond donors (Lipinski definition) is 2. The summed E-state index contributed by atoms with van der Waals surface area (Å²) in [6, 6.07) is 7.93. The third-order valence-electron chi connectivity index (χ3n) is 2.73. The van der Waals surface area contributed by atoms with E-state index in [0.717, 1.165) is 5.56 Å². The van der Waals surface area contributed by atoms with E-state index in [0.29, 0.717) is 11.4 Å². The second-order valence-electron chi connectivity index (χ2n) is 4.63. The Morgan fingerprint density at radius 3 is 2.95 bits per heavy atom. The highest BCUT2D eigenvalue weighted by Crippen LogP contribution is 2.10. The second-order valence-corrected chi connectivity index (χ2v) is 4.63. The first kappa shape index (κ1) is 14.0. The zero-order valence-corrected chi connectivity index (χ0v) is 11.6. The minimum atomic E-state index is -0.0792. The molecule has 0 radical (unpaired) electrons. The number of anilines is 1. The Labute approximate surface area is 118 Å². The van der Waals surface area contributed by atoms with Gasteiger partial charge in [-0.25, -0.2) is 9.97 Å². The summed E-state index contributed by atoms with van der Waals surface area (Å²) in [5.41, 5.74) is 2.85. The average Bonchev–Trinajstić information content (AvgIpc) is 2.46. The minimum absolute atomic E-state index is 0.0365. The third kappa shape index (κ3) is 3.81. The Hall–Kier alpha value is -2.38. The summed E-state index contributed by atoms with van der Waals surface area (Å²) in [5.74, 6) is 6.81. The molecule has 102 valence electrons. The normalized spacial score (nSPS) is 11.3. The van der Waals surface area contributed by atoms with E-state index in [9.17, 15) is 0 Å². The van der Waals surface area contributed by atoms with Crippen molar-refractivity contribution in [3.8, 4) is 11.8 Å². The lowest BCUT2D eigenvalue weighted by atomic mass is 10.1. The standard InChI is InChI=1S/C16H17N3O/c1-12-4-3-5-14(8-12)6-7-15-9-17-11-18-16(15)19-13(2)10-20/h3-5,8-9,11,13,20H,10H2,1-2H3,(H,17,18,19)/t13-/m1/s1. The molecular formula is C16H17N3O. The fraction of sp³-hybridized carbons (Fsp3) is 0.250. The van der Waals surface area contributed by atoms with Crippen molar-refractivity contribution in [3.63, 3.8) is 0 Å². The van der Waals surface area contributed by atoms with E-state index in [1.165, 1.54) is 11.9 Å². The smallest absolute Gasteiger partial charge is 0.145 e. The second kappa shape index (κ2) is 6.69. The van der Waals surface area contributed by atoms with Crippen LogP contribution in [0.5, 0.6) is 0 Å². The first-order valence-corrected chi connectivity index (χ1v) is 6.45. The van der Waals surface area contributed by atoms with Crippen LogP contribution in [0.4, 0.5) is 5.82 Å². The van der Waals surface area contributed by atoms with Crippen LogP contribution < -0.4 is 5.32 Å². The number of nitrogens with one attached hydrogen (secondary N) is 1. The fourth-order valence-electron chi connectivity index (χ4n) is 1.68. The van der Waals surface area contributed by atoms with Gasteiger partial charge in [0.25, 0.3) is 0 Å². The van der Waals surface area contributed by atoms with E-state index in [1.807, 2.05) is 38.1 Å². The summed E-state index contributed by atoms with van der Waals surface area (Å²) in [5, 5.41) is 12.2. The molecule has 4 heteroatoms. The SMILES string of the molecule is Cc1cccc(C#Cc2cncnc2N[C@H](C)CO)c1. The van der Waals surface area contributed by atoms with Crippen LogP contribution in [0.15, 0.2) is 36.8 Å². The molecule has 0 aliphatic carbocycles. The average molecular weight is 267 g/mol. The van der Waals surface area contributed by atoms with Gasteiger partial charge < -0.3 is 10.4 Å². The molecule has 0 saturated heterocycles. The molecule has 1 atom stereocenters. The number of rotatable bonds is 3. The van der Waals surface area contributed by atoms with Crippen molar-refractivity contribution < 1.29 is 5.11 Å². The van der Waals surface area contributed by atoms with Gasteiger partial charge in [-0.2, -0.15) is 0 Å². The van der Waals surface area contributed by atoms with Gasteiger partial charge in [-0.1, -0.05) is 24.0 Å². The van der Waals surface area contributed by atoms with Crippen LogP contribution in [0.3, 0.4) is 0 Å². The maximum Gasteiger partial charge on any atom is 0.145 e. The van der Waals surface area contributed by atoms with Gasteiger partial charge in [-0.15, -0.1) is 0 Å². The summed E-state index contributed by atoms with van der Waals surface area (Å²) in [6.07, 6.45) is 3.13. The van der Waals surface area contributed by atoms with E-state index >= 15 is 0 Å². The number of aliphatic hydroxyl groups is 1. The lowest BCUT2D eigenvalue weighted by Crippen LogP contribution is -2.20. The Bertz CT molecular complexity index is 643. The highest BCUT2D eigenvalue weighted by molar-refractivity contribution is 5.55. The first-order chi connectivity index (χ1) is 9.69. The van der Waals surface area contributed by atoms with Gasteiger partial charge in [0, 0.05) is 17.8 Å². The van der Waals surface area contributed by atoms with E-state index in [2.05, 4.69) is 27.1 Å². The van der Waals surface area contributed by atoms with Gasteiger partial charge in [-0.3, -0.25) is 0 Å². The molecule has 4 nitrogen and oxygen atoms in total. The zero-order valence-electron chi connectivity index (χ0n) is 11.6. The molecule has 2 rings (SSSR count). The summed E-state index contributed by atoms with van der Waals surface area (Å²) in [7, 11) is 0. The largest absolute Gasteiger partial charge is 0.394 e. The van der Waals surface area contributed by atoms with E-state index in [-0.39, 0.29) is 12.6 Å². The van der Waals surface area contributed by atoms with Crippen LogP contribution in [0.1, 0.15) is 23.6 Å². The van der Waals surface area contributed by atoms with Crippen molar-refractivity contribution in [2.75, 3.05) is 11.9 Å². The van der Waals surface area contributed by atoms with Crippen molar-refractivity contribution in [3.05, 3.63) is 53.5 Å².